The van der Waals surface area contributed by atoms with E-state index in [2.05, 4.69) is 6.58 Å². The molecule has 0 aliphatic carbocycles. The Hall–Kier alpha value is -1.96. The molecule has 2 rings (SSSR count). The summed E-state index contributed by atoms with van der Waals surface area (Å²) in [5.74, 6) is -0.786. The van der Waals surface area contributed by atoms with Crippen LogP contribution in [-0.2, 0) is 0 Å². The van der Waals surface area contributed by atoms with Crippen LogP contribution in [0, 0.1) is 11.6 Å². The molecule has 2 aromatic carbocycles. The molecule has 0 radical (unpaired) electrons. The van der Waals surface area contributed by atoms with Crippen LogP contribution in [0.1, 0.15) is 11.1 Å². The second-order valence-electron chi connectivity index (χ2n) is 3.44. The first-order chi connectivity index (χ1) is 7.70. The Kier molecular flexibility index (Phi) is 2.82. The van der Waals surface area contributed by atoms with Gasteiger partial charge in [-0.3, -0.25) is 0 Å². The summed E-state index contributed by atoms with van der Waals surface area (Å²) in [7, 11) is 0. The lowest BCUT2D eigenvalue weighted by molar-refractivity contribution is 0.618. The quantitative estimate of drug-likeness (QED) is 0.711. The largest absolute Gasteiger partial charge is 0.206 e. The van der Waals surface area contributed by atoms with Crippen LogP contribution in [0.3, 0.4) is 0 Å². The van der Waals surface area contributed by atoms with Gasteiger partial charge in [-0.05, 0) is 17.7 Å². The van der Waals surface area contributed by atoms with Crippen LogP contribution in [0.4, 0.5) is 8.78 Å². The van der Waals surface area contributed by atoms with Crippen molar-refractivity contribution in [1.82, 2.24) is 0 Å². The van der Waals surface area contributed by atoms with Crippen molar-refractivity contribution in [3.8, 4) is 0 Å². The fraction of sp³-hybridized carbons (Fsp3) is 0. The summed E-state index contributed by atoms with van der Waals surface area (Å²) in [6.45, 7) is 3.74. The van der Waals surface area contributed by atoms with Crippen molar-refractivity contribution in [2.24, 2.45) is 0 Å². The number of halogens is 2. The summed E-state index contributed by atoms with van der Waals surface area (Å²) < 4.78 is 26.9. The molecule has 0 aliphatic heterocycles. The molecule has 2 aromatic rings. The minimum absolute atomic E-state index is 0.326. The minimum atomic E-state index is -0.393. The van der Waals surface area contributed by atoms with Crippen LogP contribution >= 0.6 is 0 Å². The summed E-state index contributed by atoms with van der Waals surface area (Å²) in [6.07, 6.45) is 0. The minimum Gasteiger partial charge on any atom is -0.206 e. The third kappa shape index (κ3) is 1.87. The van der Waals surface area contributed by atoms with Crippen molar-refractivity contribution in [1.29, 1.82) is 0 Å². The Bertz CT molecular complexity index is 482. The number of rotatable bonds is 2. The Morgan fingerprint density at radius 1 is 0.750 bits per heavy atom. The van der Waals surface area contributed by atoms with Gasteiger partial charge in [0.25, 0.3) is 0 Å². The maximum atomic E-state index is 13.5. The molecule has 0 saturated heterocycles. The zero-order chi connectivity index (χ0) is 11.5. The molecule has 0 heterocycles. The van der Waals surface area contributed by atoms with Gasteiger partial charge in [-0.25, -0.2) is 8.78 Å². The Labute approximate surface area is 92.9 Å². The van der Waals surface area contributed by atoms with Gasteiger partial charge < -0.3 is 0 Å². The van der Waals surface area contributed by atoms with E-state index >= 15 is 0 Å². The number of hydrogen-bond acceptors (Lipinski definition) is 0. The molecule has 0 aromatic heterocycles. The molecule has 0 atom stereocenters. The van der Waals surface area contributed by atoms with Crippen LogP contribution in [-0.4, -0.2) is 0 Å². The van der Waals surface area contributed by atoms with E-state index in [4.69, 9.17) is 0 Å². The van der Waals surface area contributed by atoms with Gasteiger partial charge in [0.15, 0.2) is 0 Å². The van der Waals surface area contributed by atoms with Crippen LogP contribution in [0.25, 0.3) is 5.57 Å². The zero-order valence-electron chi connectivity index (χ0n) is 8.58. The van der Waals surface area contributed by atoms with Crippen LogP contribution in [0.2, 0.25) is 0 Å². The van der Waals surface area contributed by atoms with Gasteiger partial charge in [-0.1, -0.05) is 43.0 Å². The summed E-state index contributed by atoms with van der Waals surface area (Å²) in [5.41, 5.74) is 1.01. The maximum Gasteiger partial charge on any atom is 0.131 e. The SMILES string of the molecule is C=C(c1ccccc1F)c1ccccc1F. The van der Waals surface area contributed by atoms with Crippen molar-refractivity contribution in [3.63, 3.8) is 0 Å². The predicted molar refractivity (Wildman–Crippen MR) is 60.9 cm³/mol. The Morgan fingerprint density at radius 3 is 1.50 bits per heavy atom. The average molecular weight is 216 g/mol. The second kappa shape index (κ2) is 4.27. The molecule has 2 heteroatoms. The van der Waals surface area contributed by atoms with Crippen molar-refractivity contribution in [3.05, 3.63) is 77.9 Å². The van der Waals surface area contributed by atoms with E-state index in [1.54, 1.807) is 36.4 Å². The van der Waals surface area contributed by atoms with Gasteiger partial charge in [0, 0.05) is 11.1 Å². The summed E-state index contributed by atoms with van der Waals surface area (Å²) in [6, 6.07) is 12.4. The van der Waals surface area contributed by atoms with Gasteiger partial charge in [0.05, 0.1) is 0 Å². The second-order valence-corrected chi connectivity index (χ2v) is 3.44. The van der Waals surface area contributed by atoms with E-state index in [0.29, 0.717) is 16.7 Å². The lowest BCUT2D eigenvalue weighted by Crippen LogP contribution is -1.93. The highest BCUT2D eigenvalue weighted by molar-refractivity contribution is 5.78. The monoisotopic (exact) mass is 216 g/mol. The van der Waals surface area contributed by atoms with E-state index < -0.39 is 11.6 Å². The first-order valence-corrected chi connectivity index (χ1v) is 4.89. The summed E-state index contributed by atoms with van der Waals surface area (Å²) >= 11 is 0. The van der Waals surface area contributed by atoms with Gasteiger partial charge in [0.2, 0.25) is 0 Å². The topological polar surface area (TPSA) is 0 Å². The third-order valence-electron chi connectivity index (χ3n) is 2.40. The smallest absolute Gasteiger partial charge is 0.131 e. The fourth-order valence-corrected chi connectivity index (χ4v) is 1.56. The van der Waals surface area contributed by atoms with E-state index in [-0.39, 0.29) is 0 Å². The molecule has 0 unspecified atom stereocenters. The van der Waals surface area contributed by atoms with Gasteiger partial charge in [-0.15, -0.1) is 0 Å². The normalized spacial score (nSPS) is 10.1. The zero-order valence-corrected chi connectivity index (χ0v) is 8.58. The standard InChI is InChI=1S/C14H10F2/c1-10(11-6-2-4-8-13(11)15)12-7-3-5-9-14(12)16/h2-9H,1H2. The molecular formula is C14H10F2. The number of benzene rings is 2. The summed E-state index contributed by atoms with van der Waals surface area (Å²) in [4.78, 5) is 0. The first-order valence-electron chi connectivity index (χ1n) is 4.89. The van der Waals surface area contributed by atoms with E-state index in [1.165, 1.54) is 12.1 Å². The van der Waals surface area contributed by atoms with Crippen LogP contribution < -0.4 is 0 Å². The van der Waals surface area contributed by atoms with E-state index in [9.17, 15) is 8.78 Å². The molecule has 0 fully saturated rings. The molecule has 16 heavy (non-hydrogen) atoms. The lowest BCUT2D eigenvalue weighted by atomic mass is 9.99. The van der Waals surface area contributed by atoms with Crippen LogP contribution in [0.5, 0.6) is 0 Å². The lowest BCUT2D eigenvalue weighted by Gasteiger charge is -2.08. The Morgan fingerprint density at radius 2 is 1.12 bits per heavy atom. The van der Waals surface area contributed by atoms with E-state index in [1.807, 2.05) is 0 Å². The van der Waals surface area contributed by atoms with Crippen molar-refractivity contribution < 1.29 is 8.78 Å². The average Bonchev–Trinajstić information content (AvgIpc) is 2.29. The molecule has 0 spiro atoms. The number of hydrogen-bond donors (Lipinski definition) is 0. The van der Waals surface area contributed by atoms with Gasteiger partial charge in [-0.2, -0.15) is 0 Å². The highest BCUT2D eigenvalue weighted by Gasteiger charge is 2.10. The molecule has 0 N–H and O–H groups in total. The van der Waals surface area contributed by atoms with Crippen molar-refractivity contribution in [2.75, 3.05) is 0 Å². The Balaban J connectivity index is 2.48. The first kappa shape index (κ1) is 10.6. The molecular weight excluding hydrogens is 206 g/mol. The van der Waals surface area contributed by atoms with E-state index in [0.717, 1.165) is 0 Å². The molecule has 0 aliphatic rings. The van der Waals surface area contributed by atoms with Crippen LogP contribution in [0.15, 0.2) is 55.1 Å². The predicted octanol–water partition coefficient (Wildman–Crippen LogP) is 4.03. The maximum absolute atomic E-state index is 13.5. The summed E-state index contributed by atoms with van der Waals surface area (Å²) in [5, 5.41) is 0. The molecule has 80 valence electrons. The van der Waals surface area contributed by atoms with Crippen molar-refractivity contribution in [2.45, 2.75) is 0 Å². The highest BCUT2D eigenvalue weighted by Crippen LogP contribution is 2.25. The molecule has 0 saturated carbocycles. The van der Waals surface area contributed by atoms with Crippen molar-refractivity contribution >= 4 is 5.57 Å². The highest BCUT2D eigenvalue weighted by atomic mass is 19.1. The molecule has 0 amide bonds. The molecule has 0 nitrogen and oxygen atoms in total. The van der Waals surface area contributed by atoms with Gasteiger partial charge >= 0.3 is 0 Å². The van der Waals surface area contributed by atoms with Gasteiger partial charge in [0.1, 0.15) is 11.6 Å². The third-order valence-corrected chi connectivity index (χ3v) is 2.40. The molecule has 0 bridgehead atoms. The fourth-order valence-electron chi connectivity index (χ4n) is 1.56.